The second kappa shape index (κ2) is 6.69. The van der Waals surface area contributed by atoms with Crippen molar-refractivity contribution in [2.24, 2.45) is 0 Å². The van der Waals surface area contributed by atoms with Gasteiger partial charge >= 0.3 is 0 Å². The van der Waals surface area contributed by atoms with Gasteiger partial charge < -0.3 is 9.64 Å². The lowest BCUT2D eigenvalue weighted by atomic mass is 9.94. The Morgan fingerprint density at radius 3 is 2.46 bits per heavy atom. The Balaban J connectivity index is 1.72. The minimum atomic E-state index is -0.101. The van der Waals surface area contributed by atoms with Gasteiger partial charge in [0.1, 0.15) is 5.70 Å². The van der Waals surface area contributed by atoms with E-state index in [1.165, 1.54) is 17.8 Å². The van der Waals surface area contributed by atoms with E-state index in [2.05, 4.69) is 0 Å². The van der Waals surface area contributed by atoms with Crippen LogP contribution >= 0.6 is 11.3 Å². The summed E-state index contributed by atoms with van der Waals surface area (Å²) in [6, 6.07) is 3.94. The Morgan fingerprint density at radius 2 is 1.79 bits per heavy atom. The zero-order valence-electron chi connectivity index (χ0n) is 13.7. The molecule has 2 aliphatic heterocycles. The molecule has 4 rings (SSSR count). The molecule has 2 amide bonds. The van der Waals surface area contributed by atoms with Gasteiger partial charge in [0.15, 0.2) is 0 Å². The Kier molecular flexibility index (Phi) is 4.41. The topological polar surface area (TPSA) is 49.9 Å². The van der Waals surface area contributed by atoms with Gasteiger partial charge in [-0.1, -0.05) is 25.3 Å². The van der Waals surface area contributed by atoms with Crippen LogP contribution in [0.4, 0.5) is 0 Å². The second-order valence-corrected chi connectivity index (χ2v) is 7.52. The molecule has 5 nitrogen and oxygen atoms in total. The number of imide groups is 1. The molecule has 0 unspecified atom stereocenters. The van der Waals surface area contributed by atoms with E-state index in [4.69, 9.17) is 4.74 Å². The zero-order chi connectivity index (χ0) is 16.5. The molecule has 2 fully saturated rings. The normalized spacial score (nSPS) is 23.5. The number of carbonyl (C=O) groups excluding carboxylic acids is 2. The molecular weight excluding hydrogens is 324 g/mol. The number of ether oxygens (including phenoxy) is 1. The molecule has 128 valence electrons. The monoisotopic (exact) mass is 346 g/mol. The average molecular weight is 346 g/mol. The van der Waals surface area contributed by atoms with Gasteiger partial charge in [0.2, 0.25) is 0 Å². The number of hydrogen-bond donors (Lipinski definition) is 0. The number of carbonyl (C=O) groups is 2. The molecule has 1 aromatic heterocycles. The largest absolute Gasteiger partial charge is 0.378 e. The summed E-state index contributed by atoms with van der Waals surface area (Å²) in [5, 5.41) is 1.96. The van der Waals surface area contributed by atoms with E-state index in [-0.39, 0.29) is 17.9 Å². The highest BCUT2D eigenvalue weighted by Gasteiger charge is 2.45. The Labute approximate surface area is 145 Å². The zero-order valence-corrected chi connectivity index (χ0v) is 14.5. The van der Waals surface area contributed by atoms with Crippen LogP contribution in [0.5, 0.6) is 0 Å². The lowest BCUT2D eigenvalue weighted by molar-refractivity contribution is -0.141. The van der Waals surface area contributed by atoms with E-state index < -0.39 is 0 Å². The highest BCUT2D eigenvalue weighted by molar-refractivity contribution is 7.11. The molecule has 1 aromatic rings. The second-order valence-electron chi connectivity index (χ2n) is 6.57. The van der Waals surface area contributed by atoms with Crippen LogP contribution in [0.15, 0.2) is 23.2 Å². The van der Waals surface area contributed by atoms with Gasteiger partial charge in [-0.2, -0.15) is 0 Å². The van der Waals surface area contributed by atoms with Gasteiger partial charge in [-0.05, 0) is 24.3 Å². The Hall–Kier alpha value is -1.66. The minimum absolute atomic E-state index is 0.0623. The molecule has 6 heteroatoms. The van der Waals surface area contributed by atoms with Crippen molar-refractivity contribution in [3.8, 4) is 0 Å². The van der Waals surface area contributed by atoms with Crippen molar-refractivity contribution in [2.75, 3.05) is 26.3 Å². The van der Waals surface area contributed by atoms with Crippen molar-refractivity contribution in [2.45, 2.75) is 38.1 Å². The maximum absolute atomic E-state index is 13.2. The summed E-state index contributed by atoms with van der Waals surface area (Å²) in [5.41, 5.74) is 1.19. The fourth-order valence-electron chi connectivity index (χ4n) is 3.93. The van der Waals surface area contributed by atoms with Crippen molar-refractivity contribution in [3.63, 3.8) is 0 Å². The molecule has 1 saturated heterocycles. The van der Waals surface area contributed by atoms with Crippen LogP contribution in [0.2, 0.25) is 0 Å². The lowest BCUT2D eigenvalue weighted by Gasteiger charge is -2.32. The molecular formula is C18H22N2O3S. The highest BCUT2D eigenvalue weighted by Crippen LogP contribution is 2.37. The summed E-state index contributed by atoms with van der Waals surface area (Å²) < 4.78 is 5.42. The van der Waals surface area contributed by atoms with E-state index >= 15 is 0 Å². The van der Waals surface area contributed by atoms with Crippen molar-refractivity contribution < 1.29 is 14.3 Å². The molecule has 1 aliphatic carbocycles. The molecule has 1 saturated carbocycles. The third kappa shape index (κ3) is 2.67. The lowest BCUT2D eigenvalue weighted by Crippen LogP contribution is -2.45. The molecule has 0 atom stereocenters. The molecule has 0 bridgehead atoms. The van der Waals surface area contributed by atoms with Crippen LogP contribution in [0.25, 0.3) is 5.57 Å². The molecule has 0 N–H and O–H groups in total. The van der Waals surface area contributed by atoms with Crippen LogP contribution in [-0.4, -0.2) is 54.0 Å². The van der Waals surface area contributed by atoms with Gasteiger partial charge in [0.05, 0.1) is 18.8 Å². The molecule has 0 spiro atoms. The Bertz CT molecular complexity index is 656. The first-order valence-electron chi connectivity index (χ1n) is 8.76. The summed E-state index contributed by atoms with van der Waals surface area (Å²) in [6.07, 6.45) is 5.28. The number of morpholine rings is 1. The van der Waals surface area contributed by atoms with Gasteiger partial charge in [0.25, 0.3) is 11.8 Å². The predicted octanol–water partition coefficient (Wildman–Crippen LogP) is 2.49. The summed E-state index contributed by atoms with van der Waals surface area (Å²) in [6.45, 7) is 2.54. The number of rotatable bonds is 3. The van der Waals surface area contributed by atoms with Gasteiger partial charge in [-0.3, -0.25) is 14.5 Å². The quantitative estimate of drug-likeness (QED) is 0.789. The maximum Gasteiger partial charge on any atom is 0.278 e. The first kappa shape index (κ1) is 15.8. The molecule has 0 aromatic carbocycles. The van der Waals surface area contributed by atoms with Crippen LogP contribution in [0.3, 0.4) is 0 Å². The number of thiophene rings is 1. The SMILES string of the molecule is O=C1C(c2cccs2)=C(N2CCOCC2)C(=O)N1C1CCCCC1. The van der Waals surface area contributed by atoms with Gasteiger partial charge in [-0.25, -0.2) is 0 Å². The van der Waals surface area contributed by atoms with Crippen molar-refractivity contribution in [1.29, 1.82) is 0 Å². The van der Waals surface area contributed by atoms with Crippen molar-refractivity contribution in [1.82, 2.24) is 9.80 Å². The first-order chi connectivity index (χ1) is 11.8. The summed E-state index contributed by atoms with van der Waals surface area (Å²) in [7, 11) is 0. The number of amides is 2. The van der Waals surface area contributed by atoms with E-state index in [0.29, 0.717) is 37.6 Å². The third-order valence-corrected chi connectivity index (χ3v) is 6.01. The molecule has 24 heavy (non-hydrogen) atoms. The standard InChI is InChI=1S/C18H22N2O3S/c21-17-15(14-7-4-12-24-14)16(19-8-10-23-11-9-19)18(22)20(17)13-5-2-1-3-6-13/h4,7,12-13H,1-3,5-6,8-11H2. The fraction of sp³-hybridized carbons (Fsp3) is 0.556. The molecule has 0 radical (unpaired) electrons. The third-order valence-electron chi connectivity index (χ3n) is 5.13. The summed E-state index contributed by atoms with van der Waals surface area (Å²) in [4.78, 5) is 30.8. The predicted molar refractivity (Wildman–Crippen MR) is 92.4 cm³/mol. The highest BCUT2D eigenvalue weighted by atomic mass is 32.1. The van der Waals surface area contributed by atoms with Gasteiger partial charge in [0, 0.05) is 24.0 Å². The summed E-state index contributed by atoms with van der Waals surface area (Å²) >= 11 is 1.53. The van der Waals surface area contributed by atoms with E-state index in [9.17, 15) is 9.59 Å². The Morgan fingerprint density at radius 1 is 1.04 bits per heavy atom. The summed E-state index contributed by atoms with van der Waals surface area (Å²) in [5.74, 6) is -0.201. The number of hydrogen-bond acceptors (Lipinski definition) is 5. The molecule has 3 heterocycles. The van der Waals surface area contributed by atoms with Crippen LogP contribution in [0, 0.1) is 0 Å². The molecule has 3 aliphatic rings. The fourth-order valence-corrected chi connectivity index (χ4v) is 4.69. The smallest absolute Gasteiger partial charge is 0.278 e. The number of nitrogens with zero attached hydrogens (tertiary/aromatic N) is 2. The van der Waals surface area contributed by atoms with E-state index in [1.54, 1.807) is 4.90 Å². The van der Waals surface area contributed by atoms with Crippen molar-refractivity contribution in [3.05, 3.63) is 28.1 Å². The van der Waals surface area contributed by atoms with Crippen LogP contribution in [-0.2, 0) is 14.3 Å². The van der Waals surface area contributed by atoms with Crippen LogP contribution < -0.4 is 0 Å². The maximum atomic E-state index is 13.2. The van der Waals surface area contributed by atoms with Crippen LogP contribution in [0.1, 0.15) is 37.0 Å². The minimum Gasteiger partial charge on any atom is -0.378 e. The average Bonchev–Trinajstić information content (AvgIpc) is 3.23. The van der Waals surface area contributed by atoms with Gasteiger partial charge in [-0.15, -0.1) is 11.3 Å². The first-order valence-corrected chi connectivity index (χ1v) is 9.64. The van der Waals surface area contributed by atoms with Crippen molar-refractivity contribution >= 4 is 28.7 Å². The van der Waals surface area contributed by atoms with E-state index in [1.807, 2.05) is 22.4 Å². The van der Waals surface area contributed by atoms with E-state index in [0.717, 1.165) is 30.6 Å².